The minimum atomic E-state index is -3.00. The second-order valence-electron chi connectivity index (χ2n) is 5.83. The molecule has 3 atom stereocenters. The van der Waals surface area contributed by atoms with Crippen molar-refractivity contribution in [2.75, 3.05) is 13.2 Å². The molecule has 1 rings (SSSR count). The van der Waals surface area contributed by atoms with Gasteiger partial charge in [0.05, 0.1) is 6.54 Å². The van der Waals surface area contributed by atoms with Crippen molar-refractivity contribution in [2.24, 2.45) is 17.8 Å². The molecule has 0 saturated heterocycles. The quantitative estimate of drug-likeness (QED) is 0.785. The molecule has 0 aromatic carbocycles. The summed E-state index contributed by atoms with van der Waals surface area (Å²) in [7, 11) is 0. The first-order chi connectivity index (χ1) is 7.85. The third-order valence-corrected chi connectivity index (χ3v) is 3.88. The standard InChI is InChI=1S/C13H25F2NO/c1-9(2)11-5-4-10(3)6-12(11)16-7-13(14,15)8-17/h9-12,16-17H,4-8H2,1-3H3. The summed E-state index contributed by atoms with van der Waals surface area (Å²) in [5, 5.41) is 11.5. The van der Waals surface area contributed by atoms with Crippen LogP contribution in [0.4, 0.5) is 8.78 Å². The number of aliphatic hydroxyl groups is 1. The van der Waals surface area contributed by atoms with Crippen molar-refractivity contribution in [2.45, 2.75) is 52.0 Å². The SMILES string of the molecule is CC1CCC(C(C)C)C(NCC(F)(F)CO)C1. The van der Waals surface area contributed by atoms with Crippen LogP contribution in [-0.2, 0) is 0 Å². The van der Waals surface area contributed by atoms with Crippen molar-refractivity contribution in [1.29, 1.82) is 0 Å². The summed E-state index contributed by atoms with van der Waals surface area (Å²) in [5.41, 5.74) is 0. The fraction of sp³-hybridized carbons (Fsp3) is 1.00. The number of hydrogen-bond acceptors (Lipinski definition) is 2. The Hall–Kier alpha value is -0.220. The molecule has 102 valence electrons. The Labute approximate surface area is 103 Å². The predicted molar refractivity (Wildman–Crippen MR) is 65.2 cm³/mol. The molecule has 0 radical (unpaired) electrons. The summed E-state index contributed by atoms with van der Waals surface area (Å²) in [6.07, 6.45) is 3.27. The normalized spacial score (nSPS) is 30.9. The van der Waals surface area contributed by atoms with Gasteiger partial charge in [0.1, 0.15) is 6.61 Å². The van der Waals surface area contributed by atoms with Gasteiger partial charge >= 0.3 is 0 Å². The summed E-state index contributed by atoms with van der Waals surface area (Å²) < 4.78 is 26.0. The molecule has 0 aliphatic heterocycles. The number of rotatable bonds is 5. The largest absolute Gasteiger partial charge is 0.390 e. The van der Waals surface area contributed by atoms with Gasteiger partial charge in [-0.25, -0.2) is 8.78 Å². The number of nitrogens with one attached hydrogen (secondary N) is 1. The lowest BCUT2D eigenvalue weighted by molar-refractivity contribution is -0.0525. The van der Waals surface area contributed by atoms with Crippen LogP contribution in [0.3, 0.4) is 0 Å². The average Bonchev–Trinajstić information content (AvgIpc) is 2.26. The molecular weight excluding hydrogens is 224 g/mol. The van der Waals surface area contributed by atoms with Gasteiger partial charge in [-0.15, -0.1) is 0 Å². The van der Waals surface area contributed by atoms with Gasteiger partial charge < -0.3 is 10.4 Å². The lowest BCUT2D eigenvalue weighted by atomic mass is 9.74. The van der Waals surface area contributed by atoms with Gasteiger partial charge in [-0.05, 0) is 30.6 Å². The van der Waals surface area contributed by atoms with E-state index in [0.717, 1.165) is 12.8 Å². The van der Waals surface area contributed by atoms with Crippen molar-refractivity contribution in [3.63, 3.8) is 0 Å². The maximum absolute atomic E-state index is 13.0. The molecule has 0 spiro atoms. The highest BCUT2D eigenvalue weighted by Gasteiger charge is 2.34. The van der Waals surface area contributed by atoms with Crippen molar-refractivity contribution in [3.8, 4) is 0 Å². The predicted octanol–water partition coefficient (Wildman–Crippen LogP) is 2.66. The molecule has 1 fully saturated rings. The summed E-state index contributed by atoms with van der Waals surface area (Å²) in [4.78, 5) is 0. The van der Waals surface area contributed by atoms with Crippen molar-refractivity contribution in [1.82, 2.24) is 5.32 Å². The molecule has 17 heavy (non-hydrogen) atoms. The zero-order chi connectivity index (χ0) is 13.1. The van der Waals surface area contributed by atoms with Crippen LogP contribution < -0.4 is 5.32 Å². The van der Waals surface area contributed by atoms with Gasteiger partial charge in [0, 0.05) is 6.04 Å². The Balaban J connectivity index is 2.52. The first-order valence-electron chi connectivity index (χ1n) is 6.58. The van der Waals surface area contributed by atoms with Crippen LogP contribution in [-0.4, -0.2) is 30.2 Å². The van der Waals surface area contributed by atoms with Gasteiger partial charge in [0.25, 0.3) is 5.92 Å². The number of aliphatic hydroxyl groups excluding tert-OH is 1. The van der Waals surface area contributed by atoms with Crippen LogP contribution >= 0.6 is 0 Å². The topological polar surface area (TPSA) is 32.3 Å². The highest BCUT2D eigenvalue weighted by atomic mass is 19.3. The van der Waals surface area contributed by atoms with E-state index in [0.29, 0.717) is 17.8 Å². The van der Waals surface area contributed by atoms with Crippen LogP contribution in [0.5, 0.6) is 0 Å². The zero-order valence-electron chi connectivity index (χ0n) is 11.0. The Morgan fingerprint density at radius 2 is 2.00 bits per heavy atom. The number of hydrogen-bond donors (Lipinski definition) is 2. The van der Waals surface area contributed by atoms with Crippen LogP contribution in [0.1, 0.15) is 40.0 Å². The van der Waals surface area contributed by atoms with Gasteiger partial charge in [-0.2, -0.15) is 0 Å². The van der Waals surface area contributed by atoms with Crippen LogP contribution in [0.15, 0.2) is 0 Å². The molecule has 4 heteroatoms. The molecule has 1 aliphatic rings. The van der Waals surface area contributed by atoms with E-state index in [4.69, 9.17) is 5.11 Å². The van der Waals surface area contributed by atoms with E-state index < -0.39 is 19.1 Å². The smallest absolute Gasteiger partial charge is 0.282 e. The summed E-state index contributed by atoms with van der Waals surface area (Å²) in [6, 6.07) is 0.163. The molecule has 2 N–H and O–H groups in total. The van der Waals surface area contributed by atoms with Crippen LogP contribution in [0.25, 0.3) is 0 Å². The molecule has 0 heterocycles. The van der Waals surface area contributed by atoms with Crippen molar-refractivity contribution < 1.29 is 13.9 Å². The Kier molecular flexibility index (Phi) is 5.32. The van der Waals surface area contributed by atoms with Gasteiger partial charge in [0.2, 0.25) is 0 Å². The highest BCUT2D eigenvalue weighted by molar-refractivity contribution is 4.86. The first-order valence-corrected chi connectivity index (χ1v) is 6.58. The molecule has 1 saturated carbocycles. The van der Waals surface area contributed by atoms with E-state index in [1.165, 1.54) is 6.42 Å². The fourth-order valence-corrected chi connectivity index (χ4v) is 2.77. The fourth-order valence-electron chi connectivity index (χ4n) is 2.77. The van der Waals surface area contributed by atoms with E-state index in [9.17, 15) is 8.78 Å². The number of halogens is 2. The maximum atomic E-state index is 13.0. The molecule has 0 amide bonds. The Morgan fingerprint density at radius 1 is 1.35 bits per heavy atom. The number of alkyl halides is 2. The van der Waals surface area contributed by atoms with Crippen LogP contribution in [0, 0.1) is 17.8 Å². The van der Waals surface area contributed by atoms with Gasteiger partial charge in [-0.3, -0.25) is 0 Å². The van der Waals surface area contributed by atoms with Crippen LogP contribution in [0.2, 0.25) is 0 Å². The Bertz CT molecular complexity index is 233. The molecular formula is C13H25F2NO. The van der Waals surface area contributed by atoms with Crippen molar-refractivity contribution in [3.05, 3.63) is 0 Å². The first kappa shape index (κ1) is 14.8. The maximum Gasteiger partial charge on any atom is 0.282 e. The molecule has 0 aromatic heterocycles. The van der Waals surface area contributed by atoms with E-state index in [2.05, 4.69) is 26.1 Å². The monoisotopic (exact) mass is 249 g/mol. The lowest BCUT2D eigenvalue weighted by Gasteiger charge is -2.38. The van der Waals surface area contributed by atoms with E-state index in [1.807, 2.05) is 0 Å². The Morgan fingerprint density at radius 3 is 2.53 bits per heavy atom. The average molecular weight is 249 g/mol. The minimum Gasteiger partial charge on any atom is -0.390 e. The molecule has 1 aliphatic carbocycles. The minimum absolute atomic E-state index is 0.163. The zero-order valence-corrected chi connectivity index (χ0v) is 11.0. The van der Waals surface area contributed by atoms with E-state index >= 15 is 0 Å². The third kappa shape index (κ3) is 4.51. The second kappa shape index (κ2) is 6.10. The van der Waals surface area contributed by atoms with Gasteiger partial charge in [-0.1, -0.05) is 27.2 Å². The van der Waals surface area contributed by atoms with Crippen molar-refractivity contribution >= 4 is 0 Å². The van der Waals surface area contributed by atoms with E-state index in [1.54, 1.807) is 0 Å². The summed E-state index contributed by atoms with van der Waals surface area (Å²) in [5.74, 6) is -1.41. The third-order valence-electron chi connectivity index (χ3n) is 3.88. The summed E-state index contributed by atoms with van der Waals surface area (Å²) in [6.45, 7) is 4.99. The highest BCUT2D eigenvalue weighted by Crippen LogP contribution is 2.33. The van der Waals surface area contributed by atoms with Gasteiger partial charge in [0.15, 0.2) is 0 Å². The molecule has 2 nitrogen and oxygen atoms in total. The molecule has 0 aromatic rings. The summed E-state index contributed by atoms with van der Waals surface area (Å²) >= 11 is 0. The lowest BCUT2D eigenvalue weighted by Crippen LogP contribution is -2.48. The second-order valence-corrected chi connectivity index (χ2v) is 5.83. The molecule has 3 unspecified atom stereocenters. The molecule has 0 bridgehead atoms. The van der Waals surface area contributed by atoms with E-state index in [-0.39, 0.29) is 6.04 Å².